The molecular weight excluding hydrogens is 370 g/mol. The average molecular weight is 397 g/mol. The maximum atomic E-state index is 12.6. The molecule has 0 spiro atoms. The number of nitrogens with one attached hydrogen (secondary N) is 1. The minimum atomic E-state index is -3.61. The number of pyridine rings is 1. The number of nitrogens with zero attached hydrogens (tertiary/aromatic N) is 2. The van der Waals surface area contributed by atoms with Crippen molar-refractivity contribution in [1.29, 1.82) is 0 Å². The fraction of sp³-hybridized carbons (Fsp3) is 0.611. The van der Waals surface area contributed by atoms with E-state index in [9.17, 15) is 18.0 Å². The zero-order chi connectivity index (χ0) is 20.0. The third-order valence-corrected chi connectivity index (χ3v) is 6.29. The minimum Gasteiger partial charge on any atom is -0.452 e. The summed E-state index contributed by atoms with van der Waals surface area (Å²) in [5.74, 6) is -0.886. The third-order valence-electron chi connectivity index (χ3n) is 4.41. The standard InChI is InChI=1S/C18H27N3O5S/c1-13(2)11-20-17(22)14(3)26-18(23)15-6-9-21(10-7-15)27(24,25)16-5-4-8-19-12-16/h4-5,8,12-15H,6-7,9-11H2,1-3H3,(H,20,22). The zero-order valence-corrected chi connectivity index (χ0v) is 16.7. The maximum Gasteiger partial charge on any atom is 0.309 e. The second-order valence-corrected chi connectivity index (χ2v) is 9.02. The fourth-order valence-electron chi connectivity index (χ4n) is 2.75. The number of esters is 1. The van der Waals surface area contributed by atoms with Crippen LogP contribution in [0.15, 0.2) is 29.4 Å². The normalized spacial score (nSPS) is 17.5. The molecule has 150 valence electrons. The summed E-state index contributed by atoms with van der Waals surface area (Å²) in [6, 6.07) is 3.07. The highest BCUT2D eigenvalue weighted by Crippen LogP contribution is 2.24. The van der Waals surface area contributed by atoms with Gasteiger partial charge in [-0.05, 0) is 37.8 Å². The van der Waals surface area contributed by atoms with Crippen molar-refractivity contribution in [1.82, 2.24) is 14.6 Å². The van der Waals surface area contributed by atoms with Crippen molar-refractivity contribution in [2.45, 2.75) is 44.6 Å². The van der Waals surface area contributed by atoms with Gasteiger partial charge in [0.25, 0.3) is 5.91 Å². The van der Waals surface area contributed by atoms with Gasteiger partial charge in [0.15, 0.2) is 6.10 Å². The molecule has 1 N–H and O–H groups in total. The Hall–Kier alpha value is -2.00. The number of ether oxygens (including phenoxy) is 1. The van der Waals surface area contributed by atoms with E-state index in [2.05, 4.69) is 10.3 Å². The lowest BCUT2D eigenvalue weighted by molar-refractivity contribution is -0.159. The van der Waals surface area contributed by atoms with Crippen LogP contribution in [0.3, 0.4) is 0 Å². The highest BCUT2D eigenvalue weighted by Gasteiger charge is 2.34. The second-order valence-electron chi connectivity index (χ2n) is 7.09. The lowest BCUT2D eigenvalue weighted by Crippen LogP contribution is -2.42. The summed E-state index contributed by atoms with van der Waals surface area (Å²) >= 11 is 0. The van der Waals surface area contributed by atoms with Crippen LogP contribution in [0.2, 0.25) is 0 Å². The van der Waals surface area contributed by atoms with E-state index in [1.54, 1.807) is 6.07 Å². The summed E-state index contributed by atoms with van der Waals surface area (Å²) in [5, 5.41) is 2.73. The molecule has 0 bridgehead atoms. The van der Waals surface area contributed by atoms with Gasteiger partial charge in [0.2, 0.25) is 10.0 Å². The predicted molar refractivity (Wildman–Crippen MR) is 99.1 cm³/mol. The second kappa shape index (κ2) is 9.27. The Labute approximate surface area is 160 Å². The van der Waals surface area contributed by atoms with Crippen LogP contribution in [-0.4, -0.2) is 55.3 Å². The van der Waals surface area contributed by atoms with Crippen molar-refractivity contribution in [3.8, 4) is 0 Å². The van der Waals surface area contributed by atoms with Gasteiger partial charge in [0, 0.05) is 32.0 Å². The van der Waals surface area contributed by atoms with E-state index in [0.717, 1.165) is 0 Å². The van der Waals surface area contributed by atoms with Gasteiger partial charge in [-0.15, -0.1) is 0 Å². The topological polar surface area (TPSA) is 106 Å². The number of rotatable bonds is 7. The van der Waals surface area contributed by atoms with E-state index in [-0.39, 0.29) is 23.9 Å². The SMILES string of the molecule is CC(C)CNC(=O)C(C)OC(=O)C1CCN(S(=O)(=O)c2cccnc2)CC1. The molecule has 8 nitrogen and oxygen atoms in total. The van der Waals surface area contributed by atoms with Gasteiger partial charge in [0.05, 0.1) is 5.92 Å². The van der Waals surface area contributed by atoms with Crippen molar-refractivity contribution in [3.05, 3.63) is 24.5 Å². The number of piperidine rings is 1. The molecule has 0 aromatic carbocycles. The van der Waals surface area contributed by atoms with Crippen LogP contribution >= 0.6 is 0 Å². The van der Waals surface area contributed by atoms with Crippen molar-refractivity contribution >= 4 is 21.9 Å². The number of carbonyl (C=O) groups is 2. The molecule has 1 aliphatic heterocycles. The molecule has 0 aliphatic carbocycles. The van der Waals surface area contributed by atoms with E-state index < -0.39 is 28.0 Å². The van der Waals surface area contributed by atoms with Crippen molar-refractivity contribution < 1.29 is 22.7 Å². The minimum absolute atomic E-state index is 0.140. The Morgan fingerprint density at radius 3 is 2.52 bits per heavy atom. The van der Waals surface area contributed by atoms with E-state index >= 15 is 0 Å². The summed E-state index contributed by atoms with van der Waals surface area (Å²) in [5.41, 5.74) is 0. The van der Waals surface area contributed by atoms with Gasteiger partial charge in [-0.3, -0.25) is 14.6 Å². The molecule has 1 aliphatic rings. The monoisotopic (exact) mass is 397 g/mol. The van der Waals surface area contributed by atoms with Crippen LogP contribution in [0, 0.1) is 11.8 Å². The zero-order valence-electron chi connectivity index (χ0n) is 15.9. The van der Waals surface area contributed by atoms with Gasteiger partial charge >= 0.3 is 5.97 Å². The highest BCUT2D eigenvalue weighted by molar-refractivity contribution is 7.89. The average Bonchev–Trinajstić information content (AvgIpc) is 2.66. The highest BCUT2D eigenvalue weighted by atomic mass is 32.2. The molecule has 27 heavy (non-hydrogen) atoms. The maximum absolute atomic E-state index is 12.6. The quantitative estimate of drug-likeness (QED) is 0.693. The van der Waals surface area contributed by atoms with Crippen LogP contribution in [0.25, 0.3) is 0 Å². The predicted octanol–water partition coefficient (Wildman–Crippen LogP) is 1.19. The summed E-state index contributed by atoms with van der Waals surface area (Å²) < 4.78 is 31.8. The lowest BCUT2D eigenvalue weighted by atomic mass is 9.98. The van der Waals surface area contributed by atoms with Crippen molar-refractivity contribution in [2.75, 3.05) is 19.6 Å². The Morgan fingerprint density at radius 2 is 1.96 bits per heavy atom. The van der Waals surface area contributed by atoms with Gasteiger partial charge in [0.1, 0.15) is 4.90 Å². The number of amides is 1. The molecule has 0 radical (unpaired) electrons. The number of carbonyl (C=O) groups excluding carboxylic acids is 2. The summed E-state index contributed by atoms with van der Waals surface area (Å²) in [6.07, 6.45) is 2.68. The number of hydrogen-bond donors (Lipinski definition) is 1. The Morgan fingerprint density at radius 1 is 1.30 bits per heavy atom. The fourth-order valence-corrected chi connectivity index (χ4v) is 4.19. The van der Waals surface area contributed by atoms with Gasteiger partial charge in [-0.1, -0.05) is 13.8 Å². The van der Waals surface area contributed by atoms with E-state index in [0.29, 0.717) is 25.3 Å². The first-order valence-corrected chi connectivity index (χ1v) is 10.5. The summed E-state index contributed by atoms with van der Waals surface area (Å²) in [4.78, 5) is 28.2. The molecule has 1 aromatic rings. The van der Waals surface area contributed by atoms with Crippen LogP contribution in [0.1, 0.15) is 33.6 Å². The molecule has 1 atom stereocenters. The number of hydrogen-bond acceptors (Lipinski definition) is 6. The van der Waals surface area contributed by atoms with E-state index in [1.807, 2.05) is 13.8 Å². The first-order chi connectivity index (χ1) is 12.7. The Kier molecular flexibility index (Phi) is 7.32. The van der Waals surface area contributed by atoms with Crippen LogP contribution < -0.4 is 5.32 Å². The van der Waals surface area contributed by atoms with Crippen LogP contribution in [0.5, 0.6) is 0 Å². The van der Waals surface area contributed by atoms with Gasteiger partial charge < -0.3 is 10.1 Å². The van der Waals surface area contributed by atoms with Crippen LogP contribution in [0.4, 0.5) is 0 Å². The third kappa shape index (κ3) is 5.74. The largest absolute Gasteiger partial charge is 0.452 e. The molecule has 1 aromatic heterocycles. The van der Waals surface area contributed by atoms with Crippen molar-refractivity contribution in [2.24, 2.45) is 11.8 Å². The van der Waals surface area contributed by atoms with Gasteiger partial charge in [-0.2, -0.15) is 4.31 Å². The van der Waals surface area contributed by atoms with Gasteiger partial charge in [-0.25, -0.2) is 8.42 Å². The summed E-state index contributed by atoms with van der Waals surface area (Å²) in [7, 11) is -3.61. The Bertz CT molecular complexity index is 744. The number of sulfonamides is 1. The van der Waals surface area contributed by atoms with Crippen LogP contribution in [-0.2, 0) is 24.3 Å². The molecule has 1 unspecified atom stereocenters. The molecular formula is C18H27N3O5S. The van der Waals surface area contributed by atoms with E-state index in [1.165, 1.54) is 29.7 Å². The molecule has 2 heterocycles. The molecule has 0 saturated carbocycles. The summed E-state index contributed by atoms with van der Waals surface area (Å²) in [6.45, 7) is 6.46. The molecule has 1 fully saturated rings. The smallest absolute Gasteiger partial charge is 0.309 e. The molecule has 1 saturated heterocycles. The molecule has 2 rings (SSSR count). The number of aromatic nitrogens is 1. The Balaban J connectivity index is 1.86. The van der Waals surface area contributed by atoms with Crippen molar-refractivity contribution in [3.63, 3.8) is 0 Å². The van der Waals surface area contributed by atoms with E-state index in [4.69, 9.17) is 4.74 Å². The first kappa shape index (κ1) is 21.3. The lowest BCUT2D eigenvalue weighted by Gasteiger charge is -2.30. The molecule has 9 heteroatoms. The first-order valence-electron chi connectivity index (χ1n) is 9.10. The molecule has 1 amide bonds.